The zero-order valence-corrected chi connectivity index (χ0v) is 16.3. The molecule has 0 fully saturated rings. The predicted octanol–water partition coefficient (Wildman–Crippen LogP) is 3.93. The van der Waals surface area contributed by atoms with Crippen molar-refractivity contribution in [2.24, 2.45) is 0 Å². The lowest BCUT2D eigenvalue weighted by Gasteiger charge is -2.24. The number of sulfonamides is 1. The number of aryl methyl sites for hydroxylation is 1. The fourth-order valence-electron chi connectivity index (χ4n) is 3.19. The van der Waals surface area contributed by atoms with Crippen LogP contribution in [0.5, 0.6) is 0 Å². The minimum absolute atomic E-state index is 0.265. The highest BCUT2D eigenvalue weighted by molar-refractivity contribution is 7.92. The van der Waals surface area contributed by atoms with E-state index in [1.807, 2.05) is 25.1 Å². The highest BCUT2D eigenvalue weighted by Gasteiger charge is 2.29. The number of esters is 1. The van der Waals surface area contributed by atoms with E-state index >= 15 is 0 Å². The molecule has 0 N–H and O–H groups in total. The van der Waals surface area contributed by atoms with E-state index in [0.29, 0.717) is 31.7 Å². The Balaban J connectivity index is 2.07. The van der Waals surface area contributed by atoms with Crippen LogP contribution in [0.25, 0.3) is 5.57 Å². The van der Waals surface area contributed by atoms with Crippen LogP contribution in [0.1, 0.15) is 30.9 Å². The summed E-state index contributed by atoms with van der Waals surface area (Å²) < 4.78 is 33.0. The first-order valence-electron chi connectivity index (χ1n) is 8.99. The van der Waals surface area contributed by atoms with Crippen molar-refractivity contribution in [3.05, 3.63) is 65.7 Å². The van der Waals surface area contributed by atoms with Gasteiger partial charge in [0.25, 0.3) is 10.0 Å². The van der Waals surface area contributed by atoms with Gasteiger partial charge in [-0.2, -0.15) is 0 Å². The third kappa shape index (κ3) is 4.06. The van der Waals surface area contributed by atoms with Crippen molar-refractivity contribution in [3.8, 4) is 0 Å². The number of ether oxygens (including phenoxy) is 1. The number of fused-ring (bicyclic) bond motifs is 1. The zero-order chi connectivity index (χ0) is 19.4. The maximum Gasteiger partial charge on any atom is 0.331 e. The van der Waals surface area contributed by atoms with Crippen LogP contribution in [0.3, 0.4) is 0 Å². The molecule has 0 unspecified atom stereocenters. The number of carbonyl (C=O) groups is 1. The van der Waals surface area contributed by atoms with Gasteiger partial charge in [-0.1, -0.05) is 35.9 Å². The minimum Gasteiger partial charge on any atom is -0.463 e. The molecule has 1 heterocycles. The molecule has 1 aliphatic heterocycles. The summed E-state index contributed by atoms with van der Waals surface area (Å²) in [5.41, 5.74) is 3.14. The van der Waals surface area contributed by atoms with Gasteiger partial charge in [-0.3, -0.25) is 4.31 Å². The SMILES string of the molecule is CCOC(=O)/C=C1\CCCN(S(=O)(=O)c2ccc(C)cc2)c2ccccc21. The van der Waals surface area contributed by atoms with Gasteiger partial charge in [-0.05, 0) is 50.5 Å². The summed E-state index contributed by atoms with van der Waals surface area (Å²) in [6, 6.07) is 14.1. The van der Waals surface area contributed by atoms with E-state index in [0.717, 1.165) is 16.7 Å². The van der Waals surface area contributed by atoms with E-state index in [1.165, 1.54) is 10.4 Å². The molecule has 0 saturated heterocycles. The molecule has 2 aromatic rings. The molecule has 142 valence electrons. The predicted molar refractivity (Wildman–Crippen MR) is 106 cm³/mol. The normalized spacial score (nSPS) is 15.9. The van der Waals surface area contributed by atoms with Crippen LogP contribution in [0.2, 0.25) is 0 Å². The number of allylic oxidation sites excluding steroid dienone is 1. The minimum atomic E-state index is -3.69. The summed E-state index contributed by atoms with van der Waals surface area (Å²) in [4.78, 5) is 12.2. The summed E-state index contributed by atoms with van der Waals surface area (Å²) in [6.07, 6.45) is 2.70. The molecule has 0 aliphatic carbocycles. The van der Waals surface area contributed by atoms with Gasteiger partial charge in [-0.15, -0.1) is 0 Å². The van der Waals surface area contributed by atoms with E-state index < -0.39 is 16.0 Å². The molecule has 0 aromatic heterocycles. The molecule has 0 radical (unpaired) electrons. The third-order valence-corrected chi connectivity index (χ3v) is 6.34. The van der Waals surface area contributed by atoms with Crippen LogP contribution < -0.4 is 4.31 Å². The summed E-state index contributed by atoms with van der Waals surface area (Å²) in [7, 11) is -3.69. The Morgan fingerprint density at radius 1 is 1.15 bits per heavy atom. The van der Waals surface area contributed by atoms with Crippen LogP contribution in [0, 0.1) is 6.92 Å². The molecular weight excluding hydrogens is 362 g/mol. The van der Waals surface area contributed by atoms with Gasteiger partial charge in [0.2, 0.25) is 0 Å². The first-order valence-corrected chi connectivity index (χ1v) is 10.4. The first-order chi connectivity index (χ1) is 12.9. The second-order valence-corrected chi connectivity index (χ2v) is 8.29. The smallest absolute Gasteiger partial charge is 0.331 e. The van der Waals surface area contributed by atoms with Crippen molar-refractivity contribution in [1.82, 2.24) is 0 Å². The van der Waals surface area contributed by atoms with Gasteiger partial charge in [0.15, 0.2) is 0 Å². The van der Waals surface area contributed by atoms with E-state index in [9.17, 15) is 13.2 Å². The third-order valence-electron chi connectivity index (χ3n) is 4.51. The summed E-state index contributed by atoms with van der Waals surface area (Å²) in [5.74, 6) is -0.405. The summed E-state index contributed by atoms with van der Waals surface area (Å²) >= 11 is 0. The lowest BCUT2D eigenvalue weighted by atomic mass is 10.0. The van der Waals surface area contributed by atoms with Crippen molar-refractivity contribution >= 4 is 27.3 Å². The van der Waals surface area contributed by atoms with Gasteiger partial charge in [-0.25, -0.2) is 13.2 Å². The number of hydrogen-bond acceptors (Lipinski definition) is 4. The van der Waals surface area contributed by atoms with E-state index in [-0.39, 0.29) is 4.90 Å². The van der Waals surface area contributed by atoms with Crippen molar-refractivity contribution in [3.63, 3.8) is 0 Å². The van der Waals surface area contributed by atoms with Crippen molar-refractivity contribution in [2.45, 2.75) is 31.6 Å². The molecule has 3 rings (SSSR count). The maximum atomic E-state index is 13.3. The monoisotopic (exact) mass is 385 g/mol. The Morgan fingerprint density at radius 3 is 2.56 bits per heavy atom. The molecule has 0 saturated carbocycles. The van der Waals surface area contributed by atoms with Crippen LogP contribution >= 0.6 is 0 Å². The van der Waals surface area contributed by atoms with Crippen molar-refractivity contribution < 1.29 is 17.9 Å². The number of rotatable bonds is 4. The molecule has 5 nitrogen and oxygen atoms in total. The lowest BCUT2D eigenvalue weighted by Crippen LogP contribution is -2.31. The first kappa shape index (κ1) is 19.2. The Bertz CT molecular complexity index is 962. The standard InChI is InChI=1S/C21H23NO4S/c1-3-26-21(23)15-17-7-6-14-22(20-9-5-4-8-19(17)20)27(24,25)18-12-10-16(2)11-13-18/h4-5,8-13,15H,3,6-7,14H2,1-2H3/b17-15+. The average Bonchev–Trinajstić information content (AvgIpc) is 2.82. The Labute approximate surface area is 160 Å². The number of anilines is 1. The maximum absolute atomic E-state index is 13.3. The fraction of sp³-hybridized carbons (Fsp3) is 0.286. The van der Waals surface area contributed by atoms with Crippen molar-refractivity contribution in [1.29, 1.82) is 0 Å². The van der Waals surface area contributed by atoms with Gasteiger partial charge in [0.1, 0.15) is 0 Å². The molecule has 0 spiro atoms. The molecule has 0 bridgehead atoms. The molecule has 27 heavy (non-hydrogen) atoms. The van der Waals surface area contributed by atoms with Crippen molar-refractivity contribution in [2.75, 3.05) is 17.5 Å². The largest absolute Gasteiger partial charge is 0.463 e. The van der Waals surface area contributed by atoms with Gasteiger partial charge in [0.05, 0.1) is 17.2 Å². The Kier molecular flexibility index (Phi) is 5.65. The Hall–Kier alpha value is -2.60. The lowest BCUT2D eigenvalue weighted by molar-refractivity contribution is -0.137. The second-order valence-electron chi connectivity index (χ2n) is 6.43. The number of carbonyl (C=O) groups excluding carboxylic acids is 1. The molecule has 6 heteroatoms. The highest BCUT2D eigenvalue weighted by atomic mass is 32.2. The van der Waals surface area contributed by atoms with Crippen LogP contribution in [0.4, 0.5) is 5.69 Å². The number of benzene rings is 2. The molecular formula is C21H23NO4S. The van der Waals surface area contributed by atoms with Crippen LogP contribution in [-0.2, 0) is 19.6 Å². The molecule has 0 atom stereocenters. The summed E-state index contributed by atoms with van der Waals surface area (Å²) in [6.45, 7) is 4.34. The van der Waals surface area contributed by atoms with E-state index in [2.05, 4.69) is 0 Å². The Morgan fingerprint density at radius 2 is 1.85 bits per heavy atom. The van der Waals surface area contributed by atoms with E-state index in [1.54, 1.807) is 37.3 Å². The molecule has 1 aliphatic rings. The van der Waals surface area contributed by atoms with E-state index in [4.69, 9.17) is 4.74 Å². The fourth-order valence-corrected chi connectivity index (χ4v) is 4.72. The van der Waals surface area contributed by atoms with Crippen LogP contribution in [-0.4, -0.2) is 27.5 Å². The topological polar surface area (TPSA) is 63.7 Å². The summed E-state index contributed by atoms with van der Waals surface area (Å²) in [5, 5.41) is 0. The second kappa shape index (κ2) is 7.96. The quantitative estimate of drug-likeness (QED) is 0.591. The van der Waals surface area contributed by atoms with Gasteiger partial charge >= 0.3 is 5.97 Å². The highest BCUT2D eigenvalue weighted by Crippen LogP contribution is 2.36. The molecule has 0 amide bonds. The van der Waals surface area contributed by atoms with Gasteiger partial charge in [0, 0.05) is 18.2 Å². The molecule has 2 aromatic carbocycles. The van der Waals surface area contributed by atoms with Crippen LogP contribution in [0.15, 0.2) is 59.5 Å². The average molecular weight is 385 g/mol. The number of nitrogens with zero attached hydrogens (tertiary/aromatic N) is 1. The zero-order valence-electron chi connectivity index (χ0n) is 15.5. The van der Waals surface area contributed by atoms with Gasteiger partial charge < -0.3 is 4.74 Å². The number of para-hydroxylation sites is 1. The number of hydrogen-bond donors (Lipinski definition) is 0.